The Morgan fingerprint density at radius 2 is 1.44 bits per heavy atom. The molecule has 180 valence electrons. The van der Waals surface area contributed by atoms with Crippen LogP contribution in [0.25, 0.3) is 0 Å². The van der Waals surface area contributed by atoms with Crippen molar-refractivity contribution in [2.45, 2.75) is 143 Å². The summed E-state index contributed by atoms with van der Waals surface area (Å²) in [7, 11) is 0.749. The predicted molar refractivity (Wildman–Crippen MR) is 147 cm³/mol. The van der Waals surface area contributed by atoms with Gasteiger partial charge in [0.2, 0.25) is 0 Å². The Morgan fingerprint density at radius 1 is 0.844 bits per heavy atom. The summed E-state index contributed by atoms with van der Waals surface area (Å²) in [5.74, 6) is 2.14. The number of carbonyl (C=O) groups excluding carboxylic acids is 1. The average Bonchev–Trinajstić information content (AvgIpc) is 2.74. The van der Waals surface area contributed by atoms with Crippen LogP contribution in [0.4, 0.5) is 0 Å². The molecular formula is C29H52B2O. The fourth-order valence-electron chi connectivity index (χ4n) is 5.17. The minimum atomic E-state index is 0.175. The Bertz CT molecular complexity index is 626. The van der Waals surface area contributed by atoms with Crippen LogP contribution in [-0.4, -0.2) is 19.9 Å². The number of unbranched alkanes of at least 4 members (excludes halogenated alkanes) is 7. The van der Waals surface area contributed by atoms with Gasteiger partial charge in [0, 0.05) is 0 Å². The molecule has 1 rings (SSSR count). The van der Waals surface area contributed by atoms with Crippen LogP contribution in [0.3, 0.4) is 0 Å². The molecule has 0 radical (unpaired) electrons. The van der Waals surface area contributed by atoms with Crippen molar-refractivity contribution in [2.75, 3.05) is 0 Å². The summed E-state index contributed by atoms with van der Waals surface area (Å²) in [6, 6.07) is 4.31. The molecule has 3 heteroatoms. The molecule has 0 bridgehead atoms. The summed E-state index contributed by atoms with van der Waals surface area (Å²) in [4.78, 5) is 13.3. The normalized spacial score (nSPS) is 12.1. The number of rotatable bonds is 19. The quantitative estimate of drug-likeness (QED) is 0.157. The van der Waals surface area contributed by atoms with E-state index < -0.39 is 0 Å². The number of hydrogen-bond donors (Lipinski definition) is 0. The molecule has 0 amide bonds. The van der Waals surface area contributed by atoms with Gasteiger partial charge < -0.3 is 0 Å². The van der Waals surface area contributed by atoms with Gasteiger partial charge in [-0.15, -0.1) is 0 Å². The van der Waals surface area contributed by atoms with Crippen LogP contribution in [0.15, 0.2) is 18.1 Å². The molecular weight excluding hydrogens is 386 g/mol. The Kier molecular flexibility index (Phi) is 14.5. The van der Waals surface area contributed by atoms with Gasteiger partial charge in [0.1, 0.15) is 0 Å². The molecule has 32 heavy (non-hydrogen) atoms. The Hall–Kier alpha value is -0.850. The standard InChI is InChI=1S/C29H52B2O/c1-7-10-13-15-20-29(6,21-16-14-11-8-2)31-27(32)23-25-18-17-22-30-26(25)24-28(4,5)19-12-9-3/h17-18,22,31H,7-16,19-21,23-24H2,1-6H3. The predicted octanol–water partition coefficient (Wildman–Crippen LogP) is 8.41. The molecule has 1 aromatic heterocycles. The van der Waals surface area contributed by atoms with E-state index in [9.17, 15) is 4.79 Å². The van der Waals surface area contributed by atoms with Crippen molar-refractivity contribution >= 4 is 19.9 Å². The van der Waals surface area contributed by atoms with Gasteiger partial charge in [0.15, 0.2) is 0 Å². The van der Waals surface area contributed by atoms with Gasteiger partial charge in [-0.2, -0.15) is 0 Å². The molecule has 1 nitrogen and oxygen atoms in total. The maximum absolute atomic E-state index is 13.3. The second kappa shape index (κ2) is 15.9. The first kappa shape index (κ1) is 29.2. The van der Waals surface area contributed by atoms with Crippen molar-refractivity contribution in [3.05, 3.63) is 29.1 Å². The van der Waals surface area contributed by atoms with Gasteiger partial charge in [0.05, 0.1) is 0 Å². The summed E-state index contributed by atoms with van der Waals surface area (Å²) in [6.45, 7) is 16.2. The fourth-order valence-corrected chi connectivity index (χ4v) is 5.17. The van der Waals surface area contributed by atoms with Crippen LogP contribution < -0.4 is 0 Å². The number of carbonyl (C=O) groups is 1. The Morgan fingerprint density at radius 3 is 2.00 bits per heavy atom. The zero-order chi connectivity index (χ0) is 23.9. The van der Waals surface area contributed by atoms with Crippen molar-refractivity contribution in [1.82, 2.24) is 0 Å². The SMILES string of the molecule is CCCCCCC(C)(BC(=O)Cc1cccbc1CC(C)(C)CCCC)CCCCCC. The molecule has 0 atom stereocenters. The molecule has 0 aliphatic rings. The van der Waals surface area contributed by atoms with E-state index in [1.807, 2.05) is 0 Å². The van der Waals surface area contributed by atoms with E-state index in [-0.39, 0.29) is 5.31 Å². The van der Waals surface area contributed by atoms with Gasteiger partial charge in [-0.1, -0.05) is 0 Å². The van der Waals surface area contributed by atoms with Crippen molar-refractivity contribution in [3.8, 4) is 0 Å². The minimum absolute atomic E-state index is 0.175. The molecule has 0 unspecified atom stereocenters. The molecule has 0 saturated carbocycles. The second-order valence-corrected chi connectivity index (χ2v) is 11.5. The molecule has 0 fully saturated rings. The average molecular weight is 438 g/mol. The van der Waals surface area contributed by atoms with E-state index in [1.54, 1.807) is 0 Å². The first-order chi connectivity index (χ1) is 15.2. The fraction of sp³-hybridized carbons (Fsp3) is 0.793. The summed E-state index contributed by atoms with van der Waals surface area (Å²) in [5, 5.41) is 0.175. The topological polar surface area (TPSA) is 17.1 Å². The summed E-state index contributed by atoms with van der Waals surface area (Å²) < 4.78 is 0. The summed E-state index contributed by atoms with van der Waals surface area (Å²) in [5.41, 5.74) is 3.38. The van der Waals surface area contributed by atoms with Gasteiger partial charge >= 0.3 is 202 Å². The van der Waals surface area contributed by atoms with Crippen LogP contribution in [0.1, 0.15) is 136 Å². The molecule has 1 aromatic rings. The second-order valence-electron chi connectivity index (χ2n) is 11.5. The number of hydrogen-bond acceptors (Lipinski definition) is 1. The van der Waals surface area contributed by atoms with Gasteiger partial charge in [0.25, 0.3) is 0 Å². The molecule has 0 aliphatic carbocycles. The van der Waals surface area contributed by atoms with Crippen molar-refractivity contribution < 1.29 is 4.79 Å². The van der Waals surface area contributed by atoms with Crippen LogP contribution >= 0.6 is 0 Å². The zero-order valence-corrected chi connectivity index (χ0v) is 22.5. The third-order valence-corrected chi connectivity index (χ3v) is 7.27. The molecule has 1 heterocycles. The van der Waals surface area contributed by atoms with Crippen molar-refractivity contribution in [3.63, 3.8) is 0 Å². The Labute approximate surface area is 202 Å². The molecule has 0 N–H and O–H groups in total. The van der Waals surface area contributed by atoms with E-state index in [0.717, 1.165) is 13.7 Å². The molecule has 0 saturated heterocycles. The first-order valence-electron chi connectivity index (χ1n) is 13.8. The monoisotopic (exact) mass is 438 g/mol. The van der Waals surface area contributed by atoms with Gasteiger partial charge in [-0.3, -0.25) is 0 Å². The van der Waals surface area contributed by atoms with Crippen molar-refractivity contribution in [1.29, 1.82) is 0 Å². The third-order valence-electron chi connectivity index (χ3n) is 7.27. The molecule has 0 aromatic carbocycles. The van der Waals surface area contributed by atoms with E-state index in [4.69, 9.17) is 0 Å². The van der Waals surface area contributed by atoms with Crippen LogP contribution in [-0.2, 0) is 17.6 Å². The van der Waals surface area contributed by atoms with E-state index >= 15 is 0 Å². The van der Waals surface area contributed by atoms with E-state index in [2.05, 4.69) is 66.5 Å². The summed E-state index contributed by atoms with van der Waals surface area (Å²) >= 11 is 0. The van der Waals surface area contributed by atoms with Crippen LogP contribution in [0.5, 0.6) is 0 Å². The van der Waals surface area contributed by atoms with Crippen LogP contribution in [0, 0.1) is 5.41 Å². The van der Waals surface area contributed by atoms with Crippen molar-refractivity contribution in [2.24, 2.45) is 5.41 Å². The molecule has 0 aliphatic heterocycles. The summed E-state index contributed by atoms with van der Waals surface area (Å²) in [6.07, 6.45) is 18.2. The first-order valence-corrected chi connectivity index (χ1v) is 13.8. The van der Waals surface area contributed by atoms with Crippen LogP contribution in [0.2, 0.25) is 5.31 Å². The van der Waals surface area contributed by atoms with E-state index in [1.165, 1.54) is 94.5 Å². The van der Waals surface area contributed by atoms with E-state index in [0.29, 0.717) is 17.5 Å². The maximum atomic E-state index is 13.3. The Balaban J connectivity index is 2.79. The van der Waals surface area contributed by atoms with Gasteiger partial charge in [-0.25, -0.2) is 0 Å². The van der Waals surface area contributed by atoms with Gasteiger partial charge in [-0.05, 0) is 0 Å². The third kappa shape index (κ3) is 12.4. The zero-order valence-electron chi connectivity index (χ0n) is 22.5. The molecule has 0 spiro atoms.